The number of hydrazine groups is 1. The van der Waals surface area contributed by atoms with Gasteiger partial charge < -0.3 is 9.47 Å². The quantitative estimate of drug-likeness (QED) is 0.295. The van der Waals surface area contributed by atoms with Crippen molar-refractivity contribution < 1.29 is 19.1 Å². The summed E-state index contributed by atoms with van der Waals surface area (Å²) in [5.41, 5.74) is 7.40. The van der Waals surface area contributed by atoms with Crippen LogP contribution in [0.1, 0.15) is 41.3 Å². The number of halogens is 1. The molecule has 7 nitrogen and oxygen atoms in total. The normalized spacial score (nSPS) is 10.3. The van der Waals surface area contributed by atoms with Crippen LogP contribution in [-0.4, -0.2) is 30.6 Å². The first-order chi connectivity index (χ1) is 14.2. The zero-order valence-corrected chi connectivity index (χ0v) is 20.1. The zero-order chi connectivity index (χ0) is 22.3. The first-order valence-corrected chi connectivity index (χ1v) is 10.7. The smallest absolute Gasteiger partial charge is 0.276 e. The van der Waals surface area contributed by atoms with Crippen molar-refractivity contribution in [3.63, 3.8) is 0 Å². The van der Waals surface area contributed by atoms with Crippen LogP contribution >= 0.6 is 34.8 Å². The lowest BCUT2D eigenvalue weighted by Gasteiger charge is -2.15. The number of rotatable bonds is 6. The van der Waals surface area contributed by atoms with E-state index in [-0.39, 0.29) is 17.6 Å². The fourth-order valence-electron chi connectivity index (χ4n) is 2.56. The number of hydrogen-bond donors (Lipinski definition) is 3. The average molecular weight is 541 g/mol. The van der Waals surface area contributed by atoms with Crippen LogP contribution in [0.15, 0.2) is 36.4 Å². The van der Waals surface area contributed by atoms with Gasteiger partial charge in [-0.25, -0.2) is 0 Å². The van der Waals surface area contributed by atoms with Gasteiger partial charge >= 0.3 is 0 Å². The minimum atomic E-state index is -0.429. The Labute approximate surface area is 195 Å². The first kappa shape index (κ1) is 23.9. The maximum atomic E-state index is 12.3. The van der Waals surface area contributed by atoms with Crippen LogP contribution in [0.4, 0.5) is 0 Å². The summed E-state index contributed by atoms with van der Waals surface area (Å²) in [5.74, 6) is 0.784. The largest absolute Gasteiger partial charge is 0.496 e. The van der Waals surface area contributed by atoms with Crippen molar-refractivity contribution in [2.75, 3.05) is 13.7 Å². The maximum absolute atomic E-state index is 12.3. The Kier molecular flexibility index (Phi) is 8.85. The summed E-state index contributed by atoms with van der Waals surface area (Å²) < 4.78 is 11.6. The van der Waals surface area contributed by atoms with Gasteiger partial charge in [-0.05, 0) is 83.0 Å². The lowest BCUT2D eigenvalue weighted by atomic mass is 10.0. The molecule has 0 aliphatic heterocycles. The summed E-state index contributed by atoms with van der Waals surface area (Å²) in [5, 5.41) is 2.47. The van der Waals surface area contributed by atoms with Crippen LogP contribution in [0.2, 0.25) is 0 Å². The number of nitrogens with one attached hydrogen (secondary N) is 3. The molecule has 0 fully saturated rings. The summed E-state index contributed by atoms with van der Waals surface area (Å²) in [6.45, 7) is 5.89. The molecule has 9 heteroatoms. The Morgan fingerprint density at radius 1 is 1.10 bits per heavy atom. The lowest BCUT2D eigenvalue weighted by molar-refractivity contribution is -0.123. The predicted octanol–water partition coefficient (Wildman–Crippen LogP) is 3.45. The van der Waals surface area contributed by atoms with Crippen LogP contribution in [0.5, 0.6) is 11.5 Å². The van der Waals surface area contributed by atoms with Gasteiger partial charge in [-0.1, -0.05) is 26.0 Å². The van der Waals surface area contributed by atoms with E-state index in [1.165, 1.54) is 0 Å². The monoisotopic (exact) mass is 541 g/mol. The summed E-state index contributed by atoms with van der Waals surface area (Å²) in [6, 6.07) is 10.9. The molecule has 0 atom stereocenters. The predicted molar refractivity (Wildman–Crippen MR) is 128 cm³/mol. The first-order valence-electron chi connectivity index (χ1n) is 9.18. The third-order valence-electron chi connectivity index (χ3n) is 4.11. The molecule has 3 N–H and O–H groups in total. The Morgan fingerprint density at radius 2 is 1.83 bits per heavy atom. The van der Waals surface area contributed by atoms with Crippen LogP contribution in [0.25, 0.3) is 0 Å². The van der Waals surface area contributed by atoms with Gasteiger partial charge in [-0.15, -0.1) is 0 Å². The zero-order valence-electron chi connectivity index (χ0n) is 17.2. The van der Waals surface area contributed by atoms with Gasteiger partial charge in [0.25, 0.3) is 11.8 Å². The highest BCUT2D eigenvalue weighted by atomic mass is 127. The molecule has 2 aromatic carbocycles. The average Bonchev–Trinajstić information content (AvgIpc) is 2.70. The van der Waals surface area contributed by atoms with Gasteiger partial charge in [0.15, 0.2) is 11.7 Å². The molecule has 0 spiro atoms. The molecule has 0 aliphatic rings. The molecule has 30 heavy (non-hydrogen) atoms. The van der Waals surface area contributed by atoms with E-state index < -0.39 is 11.8 Å². The van der Waals surface area contributed by atoms with E-state index in [1.54, 1.807) is 25.3 Å². The van der Waals surface area contributed by atoms with Gasteiger partial charge in [0.05, 0.1) is 10.7 Å². The molecule has 0 aromatic heterocycles. The van der Waals surface area contributed by atoms with Crippen LogP contribution in [-0.2, 0) is 4.79 Å². The number of methoxy groups -OCH3 is 1. The molecule has 0 saturated heterocycles. The van der Waals surface area contributed by atoms with E-state index in [2.05, 4.69) is 52.6 Å². The fraction of sp³-hybridized carbons (Fsp3) is 0.286. The van der Waals surface area contributed by atoms with Crippen molar-refractivity contribution in [1.29, 1.82) is 0 Å². The van der Waals surface area contributed by atoms with Crippen LogP contribution < -0.4 is 25.6 Å². The Balaban J connectivity index is 1.83. The van der Waals surface area contributed by atoms with E-state index in [0.29, 0.717) is 17.1 Å². The highest BCUT2D eigenvalue weighted by Crippen LogP contribution is 2.27. The summed E-state index contributed by atoms with van der Waals surface area (Å²) in [4.78, 5) is 24.3. The molecule has 0 saturated carbocycles. The van der Waals surface area contributed by atoms with E-state index in [4.69, 9.17) is 21.7 Å². The van der Waals surface area contributed by atoms with Crippen molar-refractivity contribution >= 4 is 51.7 Å². The molecule has 2 rings (SSSR count). The number of benzene rings is 2. The number of aryl methyl sites for hydroxylation is 1. The highest BCUT2D eigenvalue weighted by molar-refractivity contribution is 14.1. The van der Waals surface area contributed by atoms with Crippen molar-refractivity contribution in [3.05, 3.63) is 56.7 Å². The van der Waals surface area contributed by atoms with Crippen molar-refractivity contribution in [1.82, 2.24) is 16.2 Å². The van der Waals surface area contributed by atoms with E-state index >= 15 is 0 Å². The van der Waals surface area contributed by atoms with Gasteiger partial charge in [-0.3, -0.25) is 25.8 Å². The Bertz CT molecular complexity index is 950. The van der Waals surface area contributed by atoms with E-state index in [0.717, 1.165) is 14.7 Å². The number of carbonyl (C=O) groups excluding carboxylic acids is 2. The second-order valence-electron chi connectivity index (χ2n) is 6.79. The summed E-state index contributed by atoms with van der Waals surface area (Å²) >= 11 is 7.13. The standard InChI is InChI=1S/C21H24IN3O4S/c1-12(2)15-7-5-13(3)9-18(15)29-11-19(26)24-25-21(30)23-20(27)14-6-8-17(28-4)16(22)10-14/h5-10,12H,11H2,1-4H3,(H,24,26)(H2,23,25,27,30). The molecule has 0 bridgehead atoms. The maximum Gasteiger partial charge on any atom is 0.276 e. The lowest BCUT2D eigenvalue weighted by Crippen LogP contribution is -2.49. The molecule has 0 radical (unpaired) electrons. The fourth-order valence-corrected chi connectivity index (χ4v) is 3.44. The third-order valence-corrected chi connectivity index (χ3v) is 5.15. The highest BCUT2D eigenvalue weighted by Gasteiger charge is 2.12. The van der Waals surface area contributed by atoms with Crippen LogP contribution in [0, 0.1) is 10.5 Å². The Hall–Kier alpha value is -2.40. The van der Waals surface area contributed by atoms with Crippen molar-refractivity contribution in [2.45, 2.75) is 26.7 Å². The van der Waals surface area contributed by atoms with Gasteiger partial charge in [0.2, 0.25) is 0 Å². The Morgan fingerprint density at radius 3 is 2.47 bits per heavy atom. The second-order valence-corrected chi connectivity index (χ2v) is 8.36. The molecule has 2 aromatic rings. The van der Waals surface area contributed by atoms with Crippen molar-refractivity contribution in [3.8, 4) is 11.5 Å². The second kappa shape index (κ2) is 11.1. The molecule has 2 amide bonds. The molecule has 0 unspecified atom stereocenters. The molecular weight excluding hydrogens is 517 g/mol. The topological polar surface area (TPSA) is 88.7 Å². The minimum Gasteiger partial charge on any atom is -0.496 e. The molecule has 0 aliphatic carbocycles. The minimum absolute atomic E-state index is 0.0300. The summed E-state index contributed by atoms with van der Waals surface area (Å²) in [6.07, 6.45) is 0. The number of ether oxygens (including phenoxy) is 2. The third kappa shape index (κ3) is 6.84. The SMILES string of the molecule is COc1ccc(C(=O)NC(=S)NNC(=O)COc2cc(C)ccc2C(C)C)cc1I. The van der Waals surface area contributed by atoms with Crippen LogP contribution in [0.3, 0.4) is 0 Å². The molecular formula is C21H24IN3O4S. The number of carbonyl (C=O) groups is 2. The number of amides is 2. The molecule has 160 valence electrons. The van der Waals surface area contributed by atoms with Gasteiger partial charge in [-0.2, -0.15) is 0 Å². The number of thiocarbonyl (C=S) groups is 1. The van der Waals surface area contributed by atoms with Crippen molar-refractivity contribution in [2.24, 2.45) is 0 Å². The van der Waals surface area contributed by atoms with E-state index in [1.807, 2.05) is 25.1 Å². The molecule has 0 heterocycles. The van der Waals surface area contributed by atoms with Gasteiger partial charge in [0.1, 0.15) is 11.5 Å². The van der Waals surface area contributed by atoms with Gasteiger partial charge in [0, 0.05) is 5.56 Å². The van der Waals surface area contributed by atoms with E-state index in [9.17, 15) is 9.59 Å². The summed E-state index contributed by atoms with van der Waals surface area (Å²) in [7, 11) is 1.56. The number of hydrogen-bond acceptors (Lipinski definition) is 5.